The van der Waals surface area contributed by atoms with Crippen LogP contribution in [0.3, 0.4) is 0 Å². The van der Waals surface area contributed by atoms with Crippen molar-refractivity contribution in [2.75, 3.05) is 11.9 Å². The van der Waals surface area contributed by atoms with Crippen molar-refractivity contribution in [3.63, 3.8) is 0 Å². The molecule has 1 N–H and O–H groups in total. The lowest BCUT2D eigenvalue weighted by molar-refractivity contribution is -0.177. The zero-order valence-corrected chi connectivity index (χ0v) is 14.4. The summed E-state index contributed by atoms with van der Waals surface area (Å²) in [4.78, 5) is 0. The number of anilines is 1. The maximum absolute atomic E-state index is 5.98. The minimum Gasteiger partial charge on any atom is -0.381 e. The SMILES string of the molecule is Cc1cc(NC2C3CCCOC3C2(C)C)cc(C)c1Br. The van der Waals surface area contributed by atoms with Gasteiger partial charge in [-0.25, -0.2) is 0 Å². The van der Waals surface area contributed by atoms with E-state index in [0.717, 1.165) is 6.61 Å². The molecule has 110 valence electrons. The number of halogens is 1. The normalized spacial score (nSPS) is 31.4. The molecule has 2 fully saturated rings. The van der Waals surface area contributed by atoms with Crippen molar-refractivity contribution in [1.29, 1.82) is 0 Å². The maximum atomic E-state index is 5.98. The van der Waals surface area contributed by atoms with Gasteiger partial charge >= 0.3 is 0 Å². The summed E-state index contributed by atoms with van der Waals surface area (Å²) >= 11 is 3.64. The number of aryl methyl sites for hydroxylation is 2. The second kappa shape index (κ2) is 5.03. The van der Waals surface area contributed by atoms with Gasteiger partial charge in [0, 0.05) is 34.1 Å². The van der Waals surface area contributed by atoms with E-state index < -0.39 is 0 Å². The van der Waals surface area contributed by atoms with Crippen LogP contribution >= 0.6 is 15.9 Å². The Hall–Kier alpha value is -0.540. The molecule has 1 aromatic rings. The van der Waals surface area contributed by atoms with Crippen molar-refractivity contribution in [2.45, 2.75) is 52.7 Å². The summed E-state index contributed by atoms with van der Waals surface area (Å²) in [5, 5.41) is 3.78. The average molecular weight is 338 g/mol. The van der Waals surface area contributed by atoms with Crippen molar-refractivity contribution in [3.05, 3.63) is 27.7 Å². The highest BCUT2D eigenvalue weighted by Gasteiger charge is 2.57. The molecular weight excluding hydrogens is 314 g/mol. The summed E-state index contributed by atoms with van der Waals surface area (Å²) < 4.78 is 7.20. The fraction of sp³-hybridized carbons (Fsp3) is 0.647. The molecule has 3 rings (SSSR count). The lowest BCUT2D eigenvalue weighted by Gasteiger charge is -2.60. The number of fused-ring (bicyclic) bond motifs is 1. The second-order valence-corrected chi connectivity index (χ2v) is 7.76. The van der Waals surface area contributed by atoms with Crippen LogP contribution in [0, 0.1) is 25.2 Å². The lowest BCUT2D eigenvalue weighted by atomic mass is 9.55. The van der Waals surface area contributed by atoms with Gasteiger partial charge in [0.2, 0.25) is 0 Å². The molecule has 1 heterocycles. The topological polar surface area (TPSA) is 21.3 Å². The first-order valence-corrected chi connectivity index (χ1v) is 8.35. The van der Waals surface area contributed by atoms with Crippen molar-refractivity contribution >= 4 is 21.6 Å². The van der Waals surface area contributed by atoms with Crippen molar-refractivity contribution in [3.8, 4) is 0 Å². The summed E-state index contributed by atoms with van der Waals surface area (Å²) in [6, 6.07) is 5.00. The molecule has 0 aromatic heterocycles. The first-order chi connectivity index (χ1) is 9.41. The number of nitrogens with one attached hydrogen (secondary N) is 1. The number of ether oxygens (including phenoxy) is 1. The highest BCUT2D eigenvalue weighted by molar-refractivity contribution is 9.10. The highest BCUT2D eigenvalue weighted by atomic mass is 79.9. The van der Waals surface area contributed by atoms with Gasteiger partial charge in [0.15, 0.2) is 0 Å². The molecule has 0 amide bonds. The van der Waals surface area contributed by atoms with E-state index in [1.807, 2.05) is 0 Å². The molecule has 0 spiro atoms. The van der Waals surface area contributed by atoms with Crippen LogP contribution in [-0.4, -0.2) is 18.8 Å². The van der Waals surface area contributed by atoms with Gasteiger partial charge in [-0.05, 0) is 49.9 Å². The Balaban J connectivity index is 1.81. The average Bonchev–Trinajstić information content (AvgIpc) is 2.42. The summed E-state index contributed by atoms with van der Waals surface area (Å²) in [6.07, 6.45) is 2.93. The monoisotopic (exact) mass is 337 g/mol. The summed E-state index contributed by atoms with van der Waals surface area (Å²) in [7, 11) is 0. The van der Waals surface area contributed by atoms with Gasteiger partial charge in [0.05, 0.1) is 6.10 Å². The molecular formula is C17H24BrNO. The molecule has 2 nitrogen and oxygen atoms in total. The van der Waals surface area contributed by atoms with Crippen LogP contribution in [-0.2, 0) is 4.74 Å². The molecule has 1 aliphatic heterocycles. The summed E-state index contributed by atoms with van der Waals surface area (Å²) in [5.74, 6) is 0.669. The van der Waals surface area contributed by atoms with Gasteiger partial charge in [-0.15, -0.1) is 0 Å². The van der Waals surface area contributed by atoms with Gasteiger partial charge in [0.25, 0.3) is 0 Å². The van der Waals surface area contributed by atoms with Gasteiger partial charge in [0.1, 0.15) is 0 Å². The Morgan fingerprint density at radius 1 is 1.25 bits per heavy atom. The lowest BCUT2D eigenvalue weighted by Crippen LogP contribution is -2.67. The first-order valence-electron chi connectivity index (χ1n) is 7.56. The van der Waals surface area contributed by atoms with E-state index in [1.165, 1.54) is 34.1 Å². The molecule has 20 heavy (non-hydrogen) atoms. The fourth-order valence-electron chi connectivity index (χ4n) is 4.02. The zero-order chi connectivity index (χ0) is 14.5. The quantitative estimate of drug-likeness (QED) is 0.845. The smallest absolute Gasteiger partial charge is 0.0693 e. The number of benzene rings is 1. The van der Waals surface area contributed by atoms with E-state index in [2.05, 4.69) is 61.1 Å². The van der Waals surface area contributed by atoms with E-state index in [1.54, 1.807) is 0 Å². The van der Waals surface area contributed by atoms with Crippen LogP contribution in [0.5, 0.6) is 0 Å². The van der Waals surface area contributed by atoms with E-state index in [0.29, 0.717) is 18.1 Å². The molecule has 1 saturated carbocycles. The van der Waals surface area contributed by atoms with Gasteiger partial charge in [-0.3, -0.25) is 0 Å². The predicted octanol–water partition coefficient (Wildman–Crippen LogP) is 4.68. The van der Waals surface area contributed by atoms with E-state index in [4.69, 9.17) is 4.74 Å². The van der Waals surface area contributed by atoms with Crippen molar-refractivity contribution in [1.82, 2.24) is 0 Å². The molecule has 1 aliphatic carbocycles. The second-order valence-electron chi connectivity index (χ2n) is 6.96. The standard InChI is InChI=1S/C17H24BrNO/c1-10-8-12(9-11(2)14(10)18)19-15-13-6-5-7-20-16(13)17(15,3)4/h8-9,13,15-16,19H,5-7H2,1-4H3. The summed E-state index contributed by atoms with van der Waals surface area (Å²) in [5.41, 5.74) is 4.05. The summed E-state index contributed by atoms with van der Waals surface area (Å²) in [6.45, 7) is 9.90. The molecule has 1 saturated heterocycles. The predicted molar refractivity (Wildman–Crippen MR) is 87.3 cm³/mol. The molecule has 2 aliphatic rings. The van der Waals surface area contributed by atoms with Gasteiger partial charge in [-0.2, -0.15) is 0 Å². The van der Waals surface area contributed by atoms with Crippen LogP contribution in [0.25, 0.3) is 0 Å². The van der Waals surface area contributed by atoms with Crippen molar-refractivity contribution in [2.24, 2.45) is 11.3 Å². The molecule has 0 bridgehead atoms. The van der Waals surface area contributed by atoms with Crippen molar-refractivity contribution < 1.29 is 4.74 Å². The third-order valence-electron chi connectivity index (χ3n) is 5.09. The molecule has 1 aromatic carbocycles. The Labute approximate surface area is 130 Å². The molecule has 0 radical (unpaired) electrons. The number of hydrogen-bond donors (Lipinski definition) is 1. The Morgan fingerprint density at radius 2 is 1.90 bits per heavy atom. The van der Waals surface area contributed by atoms with Crippen LogP contribution in [0.4, 0.5) is 5.69 Å². The fourth-order valence-corrected chi connectivity index (χ4v) is 4.25. The zero-order valence-electron chi connectivity index (χ0n) is 12.8. The largest absolute Gasteiger partial charge is 0.381 e. The number of hydrogen-bond acceptors (Lipinski definition) is 2. The molecule has 3 heteroatoms. The minimum atomic E-state index is 0.222. The van der Waals surface area contributed by atoms with Crippen LogP contribution in [0.1, 0.15) is 37.8 Å². The van der Waals surface area contributed by atoms with E-state index >= 15 is 0 Å². The van der Waals surface area contributed by atoms with Gasteiger partial charge in [-0.1, -0.05) is 29.8 Å². The Kier molecular flexibility index (Phi) is 3.62. The van der Waals surface area contributed by atoms with Crippen LogP contribution in [0.2, 0.25) is 0 Å². The number of rotatable bonds is 2. The van der Waals surface area contributed by atoms with Crippen LogP contribution in [0.15, 0.2) is 16.6 Å². The molecule has 3 unspecified atom stereocenters. The highest BCUT2D eigenvalue weighted by Crippen LogP contribution is 2.52. The third-order valence-corrected chi connectivity index (χ3v) is 6.34. The van der Waals surface area contributed by atoms with Gasteiger partial charge < -0.3 is 10.1 Å². The minimum absolute atomic E-state index is 0.222. The molecule has 3 atom stereocenters. The Morgan fingerprint density at radius 3 is 2.55 bits per heavy atom. The maximum Gasteiger partial charge on any atom is 0.0693 e. The first kappa shape index (κ1) is 14.4. The Bertz CT molecular complexity index is 503. The van der Waals surface area contributed by atoms with Crippen LogP contribution < -0.4 is 5.32 Å². The van der Waals surface area contributed by atoms with E-state index in [9.17, 15) is 0 Å². The third kappa shape index (κ3) is 2.19. The van der Waals surface area contributed by atoms with E-state index in [-0.39, 0.29) is 5.41 Å².